The zero-order valence-corrected chi connectivity index (χ0v) is 21.0. The smallest absolute Gasteiger partial charge is 0.270 e. The van der Waals surface area contributed by atoms with E-state index in [1.165, 1.54) is 38.5 Å². The van der Waals surface area contributed by atoms with Crippen molar-refractivity contribution in [2.24, 2.45) is 23.7 Å². The number of imidazole rings is 1. The van der Waals surface area contributed by atoms with Crippen LogP contribution in [-0.2, 0) is 17.8 Å². The third kappa shape index (κ3) is 4.31. The van der Waals surface area contributed by atoms with Crippen molar-refractivity contribution in [1.82, 2.24) is 30.4 Å². The van der Waals surface area contributed by atoms with Crippen molar-refractivity contribution in [3.05, 3.63) is 47.5 Å². The Kier molecular flexibility index (Phi) is 6.27. The first kappa shape index (κ1) is 23.3. The lowest BCUT2D eigenvalue weighted by molar-refractivity contribution is -0.122. The molecule has 2 aromatic heterocycles. The van der Waals surface area contributed by atoms with Crippen molar-refractivity contribution in [3.8, 4) is 0 Å². The Bertz CT molecular complexity index is 1240. The number of aryl methyl sites for hydroxylation is 1. The molecule has 0 spiro atoms. The molecule has 3 heterocycles. The highest BCUT2D eigenvalue weighted by Crippen LogP contribution is 2.49. The number of aromatic amines is 1. The van der Waals surface area contributed by atoms with Gasteiger partial charge in [0, 0.05) is 25.2 Å². The maximum absolute atomic E-state index is 13.5. The molecule has 1 aliphatic heterocycles. The van der Waals surface area contributed by atoms with Crippen LogP contribution in [0.4, 0.5) is 0 Å². The van der Waals surface area contributed by atoms with Crippen LogP contribution >= 0.6 is 0 Å². The number of H-pyrrole nitrogens is 1. The first-order valence-electron chi connectivity index (χ1n) is 13.7. The maximum atomic E-state index is 13.5. The van der Waals surface area contributed by atoms with Crippen LogP contribution in [0.5, 0.6) is 0 Å². The van der Waals surface area contributed by atoms with Crippen LogP contribution in [-0.4, -0.2) is 38.1 Å². The highest BCUT2D eigenvalue weighted by atomic mass is 16.2. The summed E-state index contributed by atoms with van der Waals surface area (Å²) in [5, 5.41) is 10.6. The second-order valence-electron chi connectivity index (χ2n) is 10.9. The Balaban J connectivity index is 1.32. The van der Waals surface area contributed by atoms with E-state index in [0.29, 0.717) is 30.0 Å². The molecule has 3 aromatic rings. The molecule has 8 heteroatoms. The molecular weight excluding hydrogens is 452 g/mol. The number of carbonyl (C=O) groups is 2. The molecular formula is C28H36N6O2. The summed E-state index contributed by atoms with van der Waals surface area (Å²) in [6.07, 6.45) is 10.8. The zero-order chi connectivity index (χ0) is 24.6. The number of benzene rings is 1. The summed E-state index contributed by atoms with van der Waals surface area (Å²) < 4.78 is 1.75. The third-order valence-corrected chi connectivity index (χ3v) is 8.81. The normalized spacial score (nSPS) is 21.4. The summed E-state index contributed by atoms with van der Waals surface area (Å²) in [7, 11) is 0. The Morgan fingerprint density at radius 3 is 2.56 bits per heavy atom. The number of fused-ring (bicyclic) bond motifs is 1. The van der Waals surface area contributed by atoms with E-state index in [0.717, 1.165) is 41.8 Å². The summed E-state index contributed by atoms with van der Waals surface area (Å²) >= 11 is 0. The number of hydrogen-bond donors (Lipinski definition) is 3. The summed E-state index contributed by atoms with van der Waals surface area (Å²) in [6, 6.07) is 7.89. The van der Waals surface area contributed by atoms with Crippen LogP contribution in [0, 0.1) is 23.7 Å². The molecule has 0 radical (unpaired) electrons. The van der Waals surface area contributed by atoms with E-state index in [2.05, 4.69) is 32.8 Å². The highest BCUT2D eigenvalue weighted by molar-refractivity contribution is 5.92. The van der Waals surface area contributed by atoms with Gasteiger partial charge in [-0.15, -0.1) is 0 Å². The van der Waals surface area contributed by atoms with Gasteiger partial charge in [0.25, 0.3) is 5.91 Å². The molecule has 8 nitrogen and oxygen atoms in total. The molecule has 0 unspecified atom stereocenters. The molecule has 1 aromatic carbocycles. The number of amides is 2. The molecule has 3 aliphatic rings. The second-order valence-corrected chi connectivity index (χ2v) is 10.9. The number of carbonyl (C=O) groups excluding carboxylic acids is 2. The molecule has 2 amide bonds. The molecule has 0 bridgehead atoms. The van der Waals surface area contributed by atoms with E-state index in [-0.39, 0.29) is 23.8 Å². The van der Waals surface area contributed by atoms with Crippen LogP contribution in [0.2, 0.25) is 0 Å². The van der Waals surface area contributed by atoms with Gasteiger partial charge in [-0.05, 0) is 61.3 Å². The molecule has 2 atom stereocenters. The number of nitrogens with one attached hydrogen (secondary N) is 3. The molecule has 1 saturated heterocycles. The molecule has 3 fully saturated rings. The topological polar surface area (TPSA) is 105 Å². The predicted octanol–water partition coefficient (Wildman–Crippen LogP) is 4.15. The van der Waals surface area contributed by atoms with E-state index in [4.69, 9.17) is 4.98 Å². The number of hydrogen-bond acceptors (Lipinski definition) is 4. The number of nitrogens with zero attached hydrogens (tertiary/aromatic N) is 3. The lowest BCUT2D eigenvalue weighted by Gasteiger charge is -2.46. The molecule has 6 rings (SSSR count). The van der Waals surface area contributed by atoms with E-state index in [1.807, 2.05) is 13.0 Å². The summed E-state index contributed by atoms with van der Waals surface area (Å²) in [5.74, 6) is 2.59. The van der Waals surface area contributed by atoms with E-state index >= 15 is 0 Å². The summed E-state index contributed by atoms with van der Waals surface area (Å²) in [5.41, 5.74) is 3.61. The highest BCUT2D eigenvalue weighted by Gasteiger charge is 2.43. The monoisotopic (exact) mass is 488 g/mol. The second kappa shape index (κ2) is 9.71. The predicted molar refractivity (Wildman–Crippen MR) is 137 cm³/mol. The Morgan fingerprint density at radius 2 is 1.92 bits per heavy atom. The van der Waals surface area contributed by atoms with Gasteiger partial charge >= 0.3 is 0 Å². The summed E-state index contributed by atoms with van der Waals surface area (Å²) in [6.45, 7) is 3.42. The van der Waals surface area contributed by atoms with Crippen molar-refractivity contribution in [3.63, 3.8) is 0 Å². The zero-order valence-electron chi connectivity index (χ0n) is 21.0. The van der Waals surface area contributed by atoms with Crippen LogP contribution in [0.15, 0.2) is 30.5 Å². The van der Waals surface area contributed by atoms with Crippen LogP contribution in [0.25, 0.3) is 11.0 Å². The third-order valence-electron chi connectivity index (χ3n) is 8.81. The fourth-order valence-corrected chi connectivity index (χ4v) is 6.39. The van der Waals surface area contributed by atoms with Crippen LogP contribution < -0.4 is 10.6 Å². The minimum atomic E-state index is -0.162. The van der Waals surface area contributed by atoms with E-state index < -0.39 is 0 Å². The summed E-state index contributed by atoms with van der Waals surface area (Å²) in [4.78, 5) is 34.1. The van der Waals surface area contributed by atoms with Crippen LogP contribution in [0.1, 0.15) is 79.8 Å². The van der Waals surface area contributed by atoms with Gasteiger partial charge in [0.05, 0.1) is 17.1 Å². The lowest BCUT2D eigenvalue weighted by Crippen LogP contribution is -2.44. The van der Waals surface area contributed by atoms with Gasteiger partial charge in [-0.2, -0.15) is 5.10 Å². The number of aromatic nitrogens is 4. The lowest BCUT2D eigenvalue weighted by atomic mass is 9.62. The fraction of sp³-hybridized carbons (Fsp3) is 0.571. The van der Waals surface area contributed by atoms with Gasteiger partial charge in [-0.1, -0.05) is 44.6 Å². The maximum Gasteiger partial charge on any atom is 0.270 e. The molecule has 36 heavy (non-hydrogen) atoms. The largest absolute Gasteiger partial charge is 0.356 e. The molecule has 2 saturated carbocycles. The first-order chi connectivity index (χ1) is 17.6. The van der Waals surface area contributed by atoms with Gasteiger partial charge in [0.15, 0.2) is 0 Å². The molecule has 3 N–H and O–H groups in total. The van der Waals surface area contributed by atoms with Crippen molar-refractivity contribution < 1.29 is 9.59 Å². The van der Waals surface area contributed by atoms with E-state index in [1.54, 1.807) is 16.9 Å². The molecule has 190 valence electrons. The quantitative estimate of drug-likeness (QED) is 0.421. The molecule has 2 aliphatic carbocycles. The Morgan fingerprint density at radius 1 is 1.14 bits per heavy atom. The van der Waals surface area contributed by atoms with Crippen molar-refractivity contribution in [2.75, 3.05) is 6.54 Å². The first-order valence-corrected chi connectivity index (χ1v) is 13.7. The van der Waals surface area contributed by atoms with Crippen molar-refractivity contribution in [2.45, 2.75) is 70.9 Å². The fourth-order valence-electron chi connectivity index (χ4n) is 6.39. The van der Waals surface area contributed by atoms with Gasteiger partial charge in [0.2, 0.25) is 5.91 Å². The van der Waals surface area contributed by atoms with E-state index in [9.17, 15) is 9.59 Å². The van der Waals surface area contributed by atoms with Crippen LogP contribution in [0.3, 0.4) is 0 Å². The van der Waals surface area contributed by atoms with Gasteiger partial charge in [-0.25, -0.2) is 4.98 Å². The minimum Gasteiger partial charge on any atom is -0.356 e. The van der Waals surface area contributed by atoms with Crippen molar-refractivity contribution in [1.29, 1.82) is 0 Å². The average Bonchev–Trinajstić information content (AvgIpc) is 3.54. The standard InChI is InChI=1S/C28H36N6O2/c1-2-34-23(12-14-30-34)28(36)33-25(24(18-5-3-6-18)19-7-4-8-19)26-31-21-10-9-17(16-22(21)32-26)15-20-11-13-29-27(20)35/h9-10,12,14,16,18-20,24-25H,2-8,11,13,15H2,1H3,(H,29,35)(H,31,32)(H,33,36)/t20-,25+/m1/s1. The van der Waals surface area contributed by atoms with Gasteiger partial charge in [-0.3, -0.25) is 14.3 Å². The minimum absolute atomic E-state index is 0.0434. The average molecular weight is 489 g/mol. The SMILES string of the molecule is CCn1nccc1C(=O)N[C@H](c1nc2ccc(C[C@H]3CCNC3=O)cc2[nH]1)C(C1CCC1)C1CCC1. The number of rotatable bonds is 9. The van der Waals surface area contributed by atoms with Gasteiger partial charge in [0.1, 0.15) is 11.5 Å². The van der Waals surface area contributed by atoms with Gasteiger partial charge < -0.3 is 15.6 Å². The van der Waals surface area contributed by atoms with Crippen molar-refractivity contribution >= 4 is 22.8 Å². The Labute approximate surface area is 211 Å². The Hall–Kier alpha value is -3.16.